The van der Waals surface area contributed by atoms with Gasteiger partial charge >= 0.3 is 6.16 Å². The van der Waals surface area contributed by atoms with Crippen LogP contribution in [0, 0.1) is 5.82 Å². The van der Waals surface area contributed by atoms with Crippen LogP contribution in [0.4, 0.5) is 9.18 Å². The van der Waals surface area contributed by atoms with Gasteiger partial charge < -0.3 is 14.6 Å². The Kier molecular flexibility index (Phi) is 4.78. The standard InChI is InChI=1S/C21H15FN2O6/c1-2-29-21(28)30-18-13-4-3-9-23-16(13)17(25)14-15(18)20(27)24(19(14)26)10-11-5-7-12(22)8-6-11/h3-9,25H,2,10H2,1H3. The fourth-order valence-corrected chi connectivity index (χ4v) is 3.29. The van der Waals surface area contributed by atoms with Crippen LogP contribution in [0.25, 0.3) is 10.9 Å². The number of nitrogens with zero attached hydrogens (tertiary/aromatic N) is 2. The van der Waals surface area contributed by atoms with E-state index in [9.17, 15) is 23.9 Å². The molecule has 0 atom stereocenters. The van der Waals surface area contributed by atoms with Gasteiger partial charge in [0.2, 0.25) is 0 Å². The largest absolute Gasteiger partial charge is 0.513 e. The van der Waals surface area contributed by atoms with Crippen molar-refractivity contribution in [2.24, 2.45) is 0 Å². The first-order valence-electron chi connectivity index (χ1n) is 9.01. The molecule has 3 aromatic rings. The number of halogens is 1. The van der Waals surface area contributed by atoms with E-state index in [-0.39, 0.29) is 40.9 Å². The number of amides is 2. The Morgan fingerprint density at radius 1 is 1.13 bits per heavy atom. The smallest absolute Gasteiger partial charge is 0.505 e. The zero-order valence-electron chi connectivity index (χ0n) is 15.7. The Morgan fingerprint density at radius 3 is 2.53 bits per heavy atom. The lowest BCUT2D eigenvalue weighted by Crippen LogP contribution is -2.29. The summed E-state index contributed by atoms with van der Waals surface area (Å²) < 4.78 is 23.2. The van der Waals surface area contributed by atoms with Crippen LogP contribution in [0.15, 0.2) is 42.6 Å². The van der Waals surface area contributed by atoms with Crippen LogP contribution in [0.3, 0.4) is 0 Å². The van der Waals surface area contributed by atoms with Crippen molar-refractivity contribution in [2.45, 2.75) is 13.5 Å². The SMILES string of the molecule is CCOC(=O)Oc1c2c(c(O)c3ncccc13)C(=O)N(Cc1ccc(F)cc1)C2=O. The van der Waals surface area contributed by atoms with Crippen molar-refractivity contribution in [3.05, 3.63) is 65.1 Å². The number of hydrogen-bond acceptors (Lipinski definition) is 7. The maximum Gasteiger partial charge on any atom is 0.513 e. The molecule has 2 heterocycles. The lowest BCUT2D eigenvalue weighted by molar-refractivity contribution is 0.0641. The summed E-state index contributed by atoms with van der Waals surface area (Å²) in [6.07, 6.45) is 0.327. The molecule has 0 fully saturated rings. The molecule has 8 nitrogen and oxygen atoms in total. The Hall–Kier alpha value is -4.01. The molecule has 1 aromatic heterocycles. The fraction of sp³-hybridized carbons (Fsp3) is 0.143. The summed E-state index contributed by atoms with van der Waals surface area (Å²) in [5.74, 6) is -2.71. The third-order valence-electron chi connectivity index (χ3n) is 4.61. The van der Waals surface area contributed by atoms with Gasteiger partial charge in [-0.05, 0) is 36.8 Å². The zero-order chi connectivity index (χ0) is 21.4. The summed E-state index contributed by atoms with van der Waals surface area (Å²) >= 11 is 0. The van der Waals surface area contributed by atoms with Crippen molar-refractivity contribution >= 4 is 28.9 Å². The Labute approximate surface area is 169 Å². The molecule has 0 saturated carbocycles. The average Bonchev–Trinajstić information content (AvgIpc) is 2.98. The van der Waals surface area contributed by atoms with E-state index in [1.807, 2.05) is 0 Å². The molecule has 2 amide bonds. The minimum Gasteiger partial charge on any atom is -0.505 e. The van der Waals surface area contributed by atoms with E-state index < -0.39 is 29.5 Å². The van der Waals surface area contributed by atoms with Crippen LogP contribution in [-0.2, 0) is 11.3 Å². The van der Waals surface area contributed by atoms with E-state index in [0.717, 1.165) is 4.90 Å². The van der Waals surface area contributed by atoms with E-state index in [4.69, 9.17) is 9.47 Å². The highest BCUT2D eigenvalue weighted by molar-refractivity contribution is 6.27. The summed E-state index contributed by atoms with van der Waals surface area (Å²) in [5.41, 5.74) is -0.0676. The molecule has 0 aliphatic carbocycles. The molecule has 1 aliphatic heterocycles. The summed E-state index contributed by atoms with van der Waals surface area (Å²) in [4.78, 5) is 43.0. The third-order valence-corrected chi connectivity index (χ3v) is 4.61. The summed E-state index contributed by atoms with van der Waals surface area (Å²) in [6.45, 7) is 1.47. The Bertz CT molecular complexity index is 1190. The van der Waals surface area contributed by atoms with Crippen molar-refractivity contribution in [3.8, 4) is 11.5 Å². The van der Waals surface area contributed by atoms with Gasteiger partial charge in [-0.1, -0.05) is 12.1 Å². The molecule has 9 heteroatoms. The van der Waals surface area contributed by atoms with E-state index in [1.54, 1.807) is 6.92 Å². The molecule has 0 unspecified atom stereocenters. The normalized spacial score (nSPS) is 12.9. The second-order valence-corrected chi connectivity index (χ2v) is 6.44. The number of phenols is 1. The molecule has 4 rings (SSSR count). The third kappa shape index (κ3) is 3.10. The number of phenolic OH excluding ortho intramolecular Hbond substituents is 1. The molecule has 0 saturated heterocycles. The van der Waals surface area contributed by atoms with E-state index in [0.29, 0.717) is 5.56 Å². The fourth-order valence-electron chi connectivity index (χ4n) is 3.29. The highest BCUT2D eigenvalue weighted by Crippen LogP contribution is 2.44. The van der Waals surface area contributed by atoms with Gasteiger partial charge in [0.1, 0.15) is 22.5 Å². The maximum absolute atomic E-state index is 13.2. The van der Waals surface area contributed by atoms with Gasteiger partial charge in [0.25, 0.3) is 11.8 Å². The highest BCUT2D eigenvalue weighted by Gasteiger charge is 2.43. The molecule has 2 aromatic carbocycles. The number of pyridine rings is 1. The van der Waals surface area contributed by atoms with Crippen LogP contribution in [0.1, 0.15) is 33.2 Å². The Morgan fingerprint density at radius 2 is 1.83 bits per heavy atom. The number of aromatic hydroxyl groups is 1. The number of carbonyl (C=O) groups excluding carboxylic acids is 3. The molecule has 1 aliphatic rings. The van der Waals surface area contributed by atoms with Gasteiger partial charge in [0, 0.05) is 11.6 Å². The molecule has 0 radical (unpaired) electrons. The van der Waals surface area contributed by atoms with E-state index in [2.05, 4.69) is 4.98 Å². The number of ether oxygens (including phenoxy) is 2. The number of benzene rings is 2. The van der Waals surface area contributed by atoms with Crippen LogP contribution in [0.5, 0.6) is 11.5 Å². The van der Waals surface area contributed by atoms with Crippen LogP contribution in [-0.4, -0.2) is 39.6 Å². The summed E-state index contributed by atoms with van der Waals surface area (Å²) in [5, 5.41) is 10.8. The van der Waals surface area contributed by atoms with Crippen molar-refractivity contribution in [2.75, 3.05) is 6.61 Å². The zero-order valence-corrected chi connectivity index (χ0v) is 15.7. The molecule has 0 bridgehead atoms. The summed E-state index contributed by atoms with van der Waals surface area (Å²) in [7, 11) is 0. The molecule has 1 N–H and O–H groups in total. The Balaban J connectivity index is 1.85. The average molecular weight is 410 g/mol. The summed E-state index contributed by atoms with van der Waals surface area (Å²) in [6, 6.07) is 8.32. The number of carbonyl (C=O) groups is 3. The van der Waals surface area contributed by atoms with Crippen molar-refractivity contribution < 1.29 is 33.4 Å². The van der Waals surface area contributed by atoms with Gasteiger partial charge in [0.15, 0.2) is 11.5 Å². The van der Waals surface area contributed by atoms with Gasteiger partial charge in [-0.3, -0.25) is 19.5 Å². The number of hydrogen-bond donors (Lipinski definition) is 1. The number of aromatic nitrogens is 1. The van der Waals surface area contributed by atoms with Crippen molar-refractivity contribution in [3.63, 3.8) is 0 Å². The first-order chi connectivity index (χ1) is 14.4. The number of rotatable bonds is 4. The van der Waals surface area contributed by atoms with Crippen LogP contribution < -0.4 is 4.74 Å². The van der Waals surface area contributed by atoms with E-state index >= 15 is 0 Å². The lowest BCUT2D eigenvalue weighted by Gasteiger charge is -2.14. The topological polar surface area (TPSA) is 106 Å². The minimum atomic E-state index is -1.06. The monoisotopic (exact) mass is 410 g/mol. The molecular weight excluding hydrogens is 395 g/mol. The van der Waals surface area contributed by atoms with E-state index in [1.165, 1.54) is 42.6 Å². The first kappa shape index (κ1) is 19.3. The molecular formula is C21H15FN2O6. The second-order valence-electron chi connectivity index (χ2n) is 6.44. The number of fused-ring (bicyclic) bond motifs is 2. The van der Waals surface area contributed by atoms with Crippen LogP contribution >= 0.6 is 0 Å². The molecule has 0 spiro atoms. The first-order valence-corrected chi connectivity index (χ1v) is 9.01. The number of imide groups is 1. The van der Waals surface area contributed by atoms with Crippen molar-refractivity contribution in [1.29, 1.82) is 0 Å². The lowest BCUT2D eigenvalue weighted by atomic mass is 10.0. The van der Waals surface area contributed by atoms with Gasteiger partial charge in [-0.15, -0.1) is 0 Å². The molecule has 152 valence electrons. The molecule has 30 heavy (non-hydrogen) atoms. The quantitative estimate of drug-likeness (QED) is 0.399. The maximum atomic E-state index is 13.2. The van der Waals surface area contributed by atoms with Gasteiger partial charge in [0.05, 0.1) is 13.2 Å². The highest BCUT2D eigenvalue weighted by atomic mass is 19.1. The van der Waals surface area contributed by atoms with Crippen molar-refractivity contribution in [1.82, 2.24) is 9.88 Å². The second kappa shape index (κ2) is 7.43. The predicted octanol–water partition coefficient (Wildman–Crippen LogP) is 3.41. The van der Waals surface area contributed by atoms with Gasteiger partial charge in [-0.2, -0.15) is 0 Å². The van der Waals surface area contributed by atoms with Gasteiger partial charge in [-0.25, -0.2) is 9.18 Å². The minimum absolute atomic E-state index is 0.000306. The van der Waals surface area contributed by atoms with Crippen LogP contribution in [0.2, 0.25) is 0 Å². The predicted molar refractivity (Wildman–Crippen MR) is 102 cm³/mol.